The Labute approximate surface area is 174 Å². The number of amides is 2. The third-order valence-electron chi connectivity index (χ3n) is 3.94. The normalized spacial score (nSPS) is 12.0. The van der Waals surface area contributed by atoms with Crippen molar-refractivity contribution < 1.29 is 29.0 Å². The fraction of sp³-hybridized carbons (Fsp3) is 0.158. The number of aliphatic hydroxyl groups excluding tert-OH is 2. The van der Waals surface area contributed by atoms with Crippen molar-refractivity contribution in [1.82, 2.24) is 0 Å². The number of benzene rings is 2. The number of aliphatic hydroxyl groups is 2. The van der Waals surface area contributed by atoms with Gasteiger partial charge in [-0.25, -0.2) is 4.79 Å². The second-order valence-corrected chi connectivity index (χ2v) is 6.90. The largest absolute Gasteiger partial charge is 0.491 e. The second-order valence-electron chi connectivity index (χ2n) is 6.05. The highest BCUT2D eigenvalue weighted by Gasteiger charge is 2.25. The number of primary amides is 1. The summed E-state index contributed by atoms with van der Waals surface area (Å²) in [6.07, 6.45) is -1.04. The number of nitrogens with one attached hydrogen (secondary N) is 1. The van der Waals surface area contributed by atoms with E-state index in [-0.39, 0.29) is 34.2 Å². The summed E-state index contributed by atoms with van der Waals surface area (Å²) < 4.78 is 11.0. The highest BCUT2D eigenvalue weighted by molar-refractivity contribution is 6.37. The summed E-state index contributed by atoms with van der Waals surface area (Å²) in [4.78, 5) is 24.4. The topological polar surface area (TPSA) is 135 Å². The minimum absolute atomic E-state index is 0.0884. The van der Waals surface area contributed by atoms with Crippen LogP contribution >= 0.6 is 23.2 Å². The van der Waals surface area contributed by atoms with Crippen LogP contribution in [0.15, 0.2) is 40.8 Å². The van der Waals surface area contributed by atoms with E-state index in [9.17, 15) is 14.7 Å². The Hall–Kier alpha value is -2.78. The lowest BCUT2D eigenvalue weighted by Gasteiger charge is -2.09. The van der Waals surface area contributed by atoms with Crippen LogP contribution in [0.1, 0.15) is 16.1 Å². The van der Waals surface area contributed by atoms with Gasteiger partial charge >= 0.3 is 6.03 Å². The van der Waals surface area contributed by atoms with Gasteiger partial charge in [-0.15, -0.1) is 0 Å². The number of ether oxygens (including phenoxy) is 1. The summed E-state index contributed by atoms with van der Waals surface area (Å²) in [6.45, 7) is -0.586. The van der Waals surface area contributed by atoms with Crippen molar-refractivity contribution >= 4 is 51.7 Å². The molecule has 8 nitrogen and oxygen atoms in total. The Balaban J connectivity index is 2.04. The molecule has 0 spiro atoms. The van der Waals surface area contributed by atoms with Crippen LogP contribution in [0.5, 0.6) is 5.75 Å². The summed E-state index contributed by atoms with van der Waals surface area (Å²) in [6, 6.07) is 8.07. The Morgan fingerprint density at radius 1 is 1.21 bits per heavy atom. The first-order valence-electron chi connectivity index (χ1n) is 8.34. The van der Waals surface area contributed by atoms with Gasteiger partial charge in [0.05, 0.1) is 11.6 Å². The fourth-order valence-corrected chi connectivity index (χ4v) is 3.11. The van der Waals surface area contributed by atoms with Gasteiger partial charge in [-0.05, 0) is 30.3 Å². The first kappa shape index (κ1) is 20.9. The van der Waals surface area contributed by atoms with E-state index in [1.165, 1.54) is 24.3 Å². The van der Waals surface area contributed by atoms with Gasteiger partial charge < -0.3 is 30.4 Å². The van der Waals surface area contributed by atoms with E-state index in [0.29, 0.717) is 16.2 Å². The van der Waals surface area contributed by atoms with Crippen LogP contribution in [0.25, 0.3) is 11.0 Å². The molecule has 0 saturated carbocycles. The number of fused-ring (bicyclic) bond motifs is 1. The molecule has 1 heterocycles. The number of hydrogen-bond donors (Lipinski definition) is 4. The zero-order valence-corrected chi connectivity index (χ0v) is 16.3. The molecular weight excluding hydrogens is 423 g/mol. The van der Waals surface area contributed by atoms with Crippen LogP contribution in [0.4, 0.5) is 10.5 Å². The molecule has 0 aliphatic heterocycles. The standard InChI is InChI=1S/C19H16Cl2N2O6/c20-9-1-3-12(14(21)5-9)17(26)18-16(23-19(22)27)13-4-2-11(6-15(13)29-18)28-8-10(25)7-24/h1-6,10,24-25H,7-8H2,(H3,22,23,27)/t10-/m0/s1. The van der Waals surface area contributed by atoms with E-state index in [0.717, 1.165) is 0 Å². The summed E-state index contributed by atoms with van der Waals surface area (Å²) in [5, 5.41) is 21.5. The Morgan fingerprint density at radius 2 is 1.97 bits per heavy atom. The van der Waals surface area contributed by atoms with Crippen molar-refractivity contribution in [2.45, 2.75) is 6.10 Å². The molecule has 0 bridgehead atoms. The number of carbonyl (C=O) groups excluding carboxylic acids is 2. The van der Waals surface area contributed by atoms with Crippen LogP contribution in [-0.2, 0) is 0 Å². The zero-order valence-electron chi connectivity index (χ0n) is 14.8. The minimum atomic E-state index is -1.04. The van der Waals surface area contributed by atoms with E-state index in [2.05, 4.69) is 5.32 Å². The number of ketones is 1. The Kier molecular flexibility index (Phi) is 6.29. The smallest absolute Gasteiger partial charge is 0.316 e. The quantitative estimate of drug-likeness (QED) is 0.418. The lowest BCUT2D eigenvalue weighted by molar-refractivity contribution is 0.0536. The van der Waals surface area contributed by atoms with Gasteiger partial charge in [-0.1, -0.05) is 23.2 Å². The molecule has 10 heteroatoms. The van der Waals surface area contributed by atoms with Crippen LogP contribution in [0, 0.1) is 0 Å². The molecule has 0 radical (unpaired) electrons. The molecule has 0 unspecified atom stereocenters. The molecule has 0 aliphatic rings. The van der Waals surface area contributed by atoms with Crippen LogP contribution < -0.4 is 15.8 Å². The van der Waals surface area contributed by atoms with Gasteiger partial charge in [0.1, 0.15) is 29.7 Å². The maximum atomic E-state index is 13.0. The second kappa shape index (κ2) is 8.71. The SMILES string of the molecule is NC(=O)Nc1c(C(=O)c2ccc(Cl)cc2Cl)oc2cc(OC[C@@H](O)CO)ccc12. The zero-order chi connectivity index (χ0) is 21.1. The molecule has 3 rings (SSSR count). The van der Waals surface area contributed by atoms with Crippen LogP contribution in [0.2, 0.25) is 10.0 Å². The van der Waals surface area contributed by atoms with Crippen molar-refractivity contribution in [2.75, 3.05) is 18.5 Å². The number of urea groups is 1. The number of hydrogen-bond acceptors (Lipinski definition) is 6. The van der Waals surface area contributed by atoms with E-state index in [1.54, 1.807) is 12.1 Å². The third kappa shape index (κ3) is 4.63. The number of anilines is 1. The first-order chi connectivity index (χ1) is 13.8. The van der Waals surface area contributed by atoms with E-state index >= 15 is 0 Å². The molecule has 3 aromatic rings. The number of nitrogens with two attached hydrogens (primary N) is 1. The Bertz CT molecular complexity index is 1080. The van der Waals surface area contributed by atoms with Gasteiger partial charge in [0.15, 0.2) is 5.76 Å². The van der Waals surface area contributed by atoms with Crippen LogP contribution in [-0.4, -0.2) is 41.3 Å². The average molecular weight is 439 g/mol. The molecule has 0 fully saturated rings. The van der Waals surface area contributed by atoms with Gasteiger partial charge in [0.2, 0.25) is 5.78 Å². The first-order valence-corrected chi connectivity index (χ1v) is 9.10. The monoisotopic (exact) mass is 438 g/mol. The van der Waals surface area contributed by atoms with Crippen molar-refractivity contribution in [3.8, 4) is 5.75 Å². The van der Waals surface area contributed by atoms with Crippen molar-refractivity contribution in [3.63, 3.8) is 0 Å². The molecule has 29 heavy (non-hydrogen) atoms. The minimum Gasteiger partial charge on any atom is -0.491 e. The number of rotatable bonds is 7. The molecule has 0 saturated heterocycles. The number of halogens is 2. The fourth-order valence-electron chi connectivity index (χ4n) is 2.61. The molecule has 0 aliphatic carbocycles. The predicted octanol–water partition coefficient (Wildman–Crippen LogP) is 3.19. The maximum absolute atomic E-state index is 13.0. The van der Waals surface area contributed by atoms with E-state index in [1.807, 2.05) is 0 Å². The molecule has 5 N–H and O–H groups in total. The van der Waals surface area contributed by atoms with Gasteiger partial charge in [0, 0.05) is 22.0 Å². The molecule has 2 amide bonds. The average Bonchev–Trinajstić information content (AvgIpc) is 3.02. The summed E-state index contributed by atoms with van der Waals surface area (Å²) in [5.41, 5.74) is 5.69. The van der Waals surface area contributed by atoms with Crippen molar-refractivity contribution in [3.05, 3.63) is 57.8 Å². The number of furan rings is 1. The number of carbonyl (C=O) groups is 2. The molecule has 152 valence electrons. The van der Waals surface area contributed by atoms with E-state index in [4.69, 9.17) is 43.2 Å². The lowest BCUT2D eigenvalue weighted by atomic mass is 10.1. The summed E-state index contributed by atoms with van der Waals surface area (Å²) in [5.74, 6) is -0.423. The lowest BCUT2D eigenvalue weighted by Crippen LogP contribution is -2.21. The maximum Gasteiger partial charge on any atom is 0.316 e. The van der Waals surface area contributed by atoms with Gasteiger partial charge in [-0.2, -0.15) is 0 Å². The van der Waals surface area contributed by atoms with Crippen molar-refractivity contribution in [1.29, 1.82) is 0 Å². The van der Waals surface area contributed by atoms with E-state index < -0.39 is 24.5 Å². The highest BCUT2D eigenvalue weighted by Crippen LogP contribution is 2.36. The molecule has 2 aromatic carbocycles. The molecular formula is C19H16Cl2N2O6. The summed E-state index contributed by atoms with van der Waals surface area (Å²) >= 11 is 12.0. The highest BCUT2D eigenvalue weighted by atomic mass is 35.5. The Morgan fingerprint density at radius 3 is 2.62 bits per heavy atom. The third-order valence-corrected chi connectivity index (χ3v) is 4.49. The van der Waals surface area contributed by atoms with Gasteiger partial charge in [-0.3, -0.25) is 4.79 Å². The molecule has 1 atom stereocenters. The summed E-state index contributed by atoms with van der Waals surface area (Å²) in [7, 11) is 0. The molecule has 1 aromatic heterocycles. The van der Waals surface area contributed by atoms with Crippen LogP contribution in [0.3, 0.4) is 0 Å². The van der Waals surface area contributed by atoms with Crippen molar-refractivity contribution in [2.24, 2.45) is 5.73 Å². The van der Waals surface area contributed by atoms with Gasteiger partial charge in [0.25, 0.3) is 0 Å². The predicted molar refractivity (Wildman–Crippen MR) is 108 cm³/mol.